The van der Waals surface area contributed by atoms with E-state index in [-0.39, 0.29) is 0 Å². The molecular weight excluding hydrogens is 236 g/mol. The van der Waals surface area contributed by atoms with Gasteiger partial charge in [0.1, 0.15) is 0 Å². The molecule has 2 rings (SSSR count). The number of nitrogens with zero attached hydrogens (tertiary/aromatic N) is 3. The number of hydrogen-bond donors (Lipinski definition) is 1. The Morgan fingerprint density at radius 3 is 2.74 bits per heavy atom. The molecule has 2 atom stereocenters. The Morgan fingerprint density at radius 1 is 1.42 bits per heavy atom. The highest BCUT2D eigenvalue weighted by Gasteiger charge is 2.27. The predicted octanol–water partition coefficient (Wildman–Crippen LogP) is 2.25. The highest BCUT2D eigenvalue weighted by atomic mass is 15.3. The van der Waals surface area contributed by atoms with Crippen molar-refractivity contribution in [1.29, 1.82) is 0 Å². The van der Waals surface area contributed by atoms with Gasteiger partial charge in [0.05, 0.1) is 5.69 Å². The van der Waals surface area contributed by atoms with Gasteiger partial charge in [-0.2, -0.15) is 5.10 Å². The second-order valence-electron chi connectivity index (χ2n) is 5.82. The molecule has 4 heteroatoms. The summed E-state index contributed by atoms with van der Waals surface area (Å²) in [5, 5.41) is 4.65. The van der Waals surface area contributed by atoms with Crippen molar-refractivity contribution in [2.75, 3.05) is 19.6 Å². The average Bonchev–Trinajstić information content (AvgIpc) is 2.72. The molecule has 1 aliphatic heterocycles. The van der Waals surface area contributed by atoms with Crippen LogP contribution in [0, 0.1) is 19.8 Å². The summed E-state index contributed by atoms with van der Waals surface area (Å²) in [5.74, 6) is 0.665. The zero-order valence-corrected chi connectivity index (χ0v) is 12.8. The van der Waals surface area contributed by atoms with E-state index in [1.165, 1.54) is 36.3 Å². The molecule has 2 heterocycles. The summed E-state index contributed by atoms with van der Waals surface area (Å²) < 4.78 is 2.12. The number of aromatic nitrogens is 2. The smallest absolute Gasteiger partial charge is 0.0644 e. The van der Waals surface area contributed by atoms with E-state index in [0.717, 1.165) is 19.6 Å². The van der Waals surface area contributed by atoms with E-state index in [1.807, 2.05) is 0 Å². The Balaban J connectivity index is 2.19. The molecule has 108 valence electrons. The van der Waals surface area contributed by atoms with Crippen LogP contribution in [0.25, 0.3) is 0 Å². The number of rotatable bonds is 4. The molecule has 19 heavy (non-hydrogen) atoms. The molecule has 2 unspecified atom stereocenters. The van der Waals surface area contributed by atoms with E-state index in [2.05, 4.69) is 42.4 Å². The van der Waals surface area contributed by atoms with Gasteiger partial charge in [0, 0.05) is 30.4 Å². The second kappa shape index (κ2) is 6.06. The van der Waals surface area contributed by atoms with Gasteiger partial charge in [0.15, 0.2) is 0 Å². The molecule has 4 nitrogen and oxygen atoms in total. The van der Waals surface area contributed by atoms with E-state index in [9.17, 15) is 0 Å². The topological polar surface area (TPSA) is 47.1 Å². The van der Waals surface area contributed by atoms with Gasteiger partial charge in [-0.25, -0.2) is 0 Å². The monoisotopic (exact) mass is 264 g/mol. The van der Waals surface area contributed by atoms with Crippen molar-refractivity contribution in [3.05, 3.63) is 17.0 Å². The Morgan fingerprint density at radius 2 is 2.16 bits per heavy atom. The van der Waals surface area contributed by atoms with Gasteiger partial charge in [-0.1, -0.05) is 0 Å². The quantitative estimate of drug-likeness (QED) is 0.907. The lowest BCUT2D eigenvalue weighted by atomic mass is 9.95. The minimum Gasteiger partial charge on any atom is -0.330 e. The van der Waals surface area contributed by atoms with E-state index in [0.29, 0.717) is 12.0 Å². The number of aryl methyl sites for hydroxylation is 2. The van der Waals surface area contributed by atoms with Gasteiger partial charge in [0.25, 0.3) is 0 Å². The Hall–Kier alpha value is -0.870. The molecule has 0 spiro atoms. The second-order valence-corrected chi connectivity index (χ2v) is 5.82. The van der Waals surface area contributed by atoms with Gasteiger partial charge >= 0.3 is 0 Å². The van der Waals surface area contributed by atoms with Crippen LogP contribution < -0.4 is 5.73 Å². The maximum absolute atomic E-state index is 5.85. The number of hydrogen-bond acceptors (Lipinski definition) is 3. The van der Waals surface area contributed by atoms with Crippen LogP contribution in [0.4, 0.5) is 0 Å². The van der Waals surface area contributed by atoms with Crippen LogP contribution in [0.2, 0.25) is 0 Å². The molecule has 1 aliphatic rings. The molecule has 0 bridgehead atoms. The first-order valence-electron chi connectivity index (χ1n) is 7.56. The zero-order chi connectivity index (χ0) is 14.0. The Labute approximate surface area is 117 Å². The number of nitrogens with two attached hydrogens (primary N) is 1. The fraction of sp³-hybridized carbons (Fsp3) is 0.800. The van der Waals surface area contributed by atoms with Crippen molar-refractivity contribution >= 4 is 0 Å². The Kier molecular flexibility index (Phi) is 4.63. The van der Waals surface area contributed by atoms with Crippen LogP contribution in [-0.4, -0.2) is 34.3 Å². The summed E-state index contributed by atoms with van der Waals surface area (Å²) >= 11 is 0. The number of likely N-dealkylation sites (tertiary alicyclic amines) is 1. The summed E-state index contributed by atoms with van der Waals surface area (Å²) in [6.07, 6.45) is 2.55. The first-order valence-corrected chi connectivity index (χ1v) is 7.56. The molecule has 2 N–H and O–H groups in total. The molecule has 0 aliphatic carbocycles. The van der Waals surface area contributed by atoms with Crippen LogP contribution in [0.15, 0.2) is 0 Å². The van der Waals surface area contributed by atoms with Crippen LogP contribution in [0.1, 0.15) is 49.7 Å². The molecule has 1 aromatic rings. The normalized spacial score (nSPS) is 22.7. The van der Waals surface area contributed by atoms with E-state index < -0.39 is 0 Å². The highest BCUT2D eigenvalue weighted by Crippen LogP contribution is 2.30. The van der Waals surface area contributed by atoms with Gasteiger partial charge in [-0.3, -0.25) is 9.58 Å². The molecule has 1 saturated heterocycles. The minimum absolute atomic E-state index is 0.453. The van der Waals surface area contributed by atoms with Gasteiger partial charge in [-0.05, 0) is 59.5 Å². The van der Waals surface area contributed by atoms with Crippen molar-refractivity contribution in [1.82, 2.24) is 14.7 Å². The van der Waals surface area contributed by atoms with Crippen LogP contribution in [0.3, 0.4) is 0 Å². The summed E-state index contributed by atoms with van der Waals surface area (Å²) in [4.78, 5) is 2.58. The van der Waals surface area contributed by atoms with Gasteiger partial charge < -0.3 is 5.73 Å². The molecule has 0 aromatic carbocycles. The van der Waals surface area contributed by atoms with E-state index in [1.54, 1.807) is 0 Å². The third kappa shape index (κ3) is 2.84. The standard InChI is InChI=1S/C15H28N4/c1-5-19-13(4)15(11(2)17-19)12(3)18-8-6-7-14(9-16)10-18/h12,14H,5-10,16H2,1-4H3. The first kappa shape index (κ1) is 14.5. The predicted molar refractivity (Wildman–Crippen MR) is 79.1 cm³/mol. The van der Waals surface area contributed by atoms with Crippen LogP contribution in [-0.2, 0) is 6.54 Å². The largest absolute Gasteiger partial charge is 0.330 e. The molecule has 1 fully saturated rings. The van der Waals surface area contributed by atoms with Crippen molar-refractivity contribution in [3.8, 4) is 0 Å². The van der Waals surface area contributed by atoms with Gasteiger partial charge in [-0.15, -0.1) is 0 Å². The maximum Gasteiger partial charge on any atom is 0.0644 e. The summed E-state index contributed by atoms with van der Waals surface area (Å²) in [6.45, 7) is 12.9. The zero-order valence-electron chi connectivity index (χ0n) is 12.8. The van der Waals surface area contributed by atoms with Crippen molar-refractivity contribution in [2.45, 2.75) is 53.1 Å². The van der Waals surface area contributed by atoms with Crippen molar-refractivity contribution in [2.24, 2.45) is 11.7 Å². The van der Waals surface area contributed by atoms with E-state index >= 15 is 0 Å². The van der Waals surface area contributed by atoms with Crippen molar-refractivity contribution in [3.63, 3.8) is 0 Å². The lowest BCUT2D eigenvalue weighted by Gasteiger charge is -2.36. The lowest BCUT2D eigenvalue weighted by molar-refractivity contribution is 0.134. The molecule has 0 amide bonds. The Bertz CT molecular complexity index is 424. The maximum atomic E-state index is 5.85. The summed E-state index contributed by atoms with van der Waals surface area (Å²) in [6, 6.07) is 0.453. The molecule has 1 aromatic heterocycles. The van der Waals surface area contributed by atoms with E-state index in [4.69, 9.17) is 5.73 Å². The molecule has 0 radical (unpaired) electrons. The number of piperidine rings is 1. The lowest BCUT2D eigenvalue weighted by Crippen LogP contribution is -2.40. The summed E-state index contributed by atoms with van der Waals surface area (Å²) in [5.41, 5.74) is 9.77. The third-order valence-corrected chi connectivity index (χ3v) is 4.59. The fourth-order valence-electron chi connectivity index (χ4n) is 3.45. The third-order valence-electron chi connectivity index (χ3n) is 4.59. The van der Waals surface area contributed by atoms with Gasteiger partial charge in [0.2, 0.25) is 0 Å². The minimum atomic E-state index is 0.453. The fourth-order valence-corrected chi connectivity index (χ4v) is 3.45. The van der Waals surface area contributed by atoms with Crippen LogP contribution in [0.5, 0.6) is 0 Å². The molecule has 0 saturated carbocycles. The highest BCUT2D eigenvalue weighted by molar-refractivity contribution is 5.28. The SMILES string of the molecule is CCn1nc(C)c(C(C)N2CCCC(CN)C2)c1C. The first-order chi connectivity index (χ1) is 9.08. The van der Waals surface area contributed by atoms with Crippen LogP contribution >= 0.6 is 0 Å². The average molecular weight is 264 g/mol. The summed E-state index contributed by atoms with van der Waals surface area (Å²) in [7, 11) is 0. The molecular formula is C15H28N4. The van der Waals surface area contributed by atoms with Crippen molar-refractivity contribution < 1.29 is 0 Å².